The molecule has 0 saturated carbocycles. The van der Waals surface area contributed by atoms with E-state index >= 15 is 0 Å². The van der Waals surface area contributed by atoms with Crippen LogP contribution < -0.4 is 10.6 Å². The van der Waals surface area contributed by atoms with Gasteiger partial charge in [-0.05, 0) is 32.0 Å². The minimum absolute atomic E-state index is 0.237. The molecule has 0 saturated heterocycles. The first kappa shape index (κ1) is 14.5. The summed E-state index contributed by atoms with van der Waals surface area (Å²) in [7, 11) is 0. The molecule has 0 bridgehead atoms. The van der Waals surface area contributed by atoms with E-state index in [1.165, 1.54) is 12.4 Å². The smallest absolute Gasteiger partial charge is 0.258 e. The zero-order chi connectivity index (χ0) is 14.5. The maximum atomic E-state index is 12.0. The Bertz CT molecular complexity index is 598. The summed E-state index contributed by atoms with van der Waals surface area (Å²) in [5, 5.41) is 5.86. The maximum absolute atomic E-state index is 12.0. The van der Waals surface area contributed by atoms with Gasteiger partial charge in [0.05, 0.1) is 5.56 Å². The molecule has 0 aliphatic heterocycles. The number of benzene rings is 1. The number of rotatable bonds is 4. The molecule has 0 atom stereocenters. The summed E-state index contributed by atoms with van der Waals surface area (Å²) in [6.45, 7) is 3.99. The summed E-state index contributed by atoms with van der Waals surface area (Å²) in [4.78, 5) is 20.2. The maximum Gasteiger partial charge on any atom is 0.258 e. The number of carbonyl (C=O) groups excluding carboxylic acids is 1. The second-order valence-electron chi connectivity index (χ2n) is 4.56. The van der Waals surface area contributed by atoms with Crippen LogP contribution in [0.25, 0.3) is 0 Å². The average Bonchev–Trinajstić information content (AvgIpc) is 2.38. The molecular formula is C14H15BrN4O. The number of aromatic nitrogens is 2. The van der Waals surface area contributed by atoms with Crippen LogP contribution >= 0.6 is 15.9 Å². The van der Waals surface area contributed by atoms with Gasteiger partial charge in [0.25, 0.3) is 5.91 Å². The molecule has 2 N–H and O–H groups in total. The van der Waals surface area contributed by atoms with Gasteiger partial charge in [-0.1, -0.05) is 22.0 Å². The third-order valence-corrected chi connectivity index (χ3v) is 2.91. The van der Waals surface area contributed by atoms with Crippen LogP contribution in [0.2, 0.25) is 0 Å². The van der Waals surface area contributed by atoms with E-state index in [1.54, 1.807) is 0 Å². The molecule has 1 amide bonds. The van der Waals surface area contributed by atoms with Gasteiger partial charge in [0.1, 0.15) is 0 Å². The fraction of sp³-hybridized carbons (Fsp3) is 0.214. The Balaban J connectivity index is 2.06. The summed E-state index contributed by atoms with van der Waals surface area (Å²) in [5.41, 5.74) is 1.13. The van der Waals surface area contributed by atoms with E-state index in [1.807, 2.05) is 38.1 Å². The summed E-state index contributed by atoms with van der Waals surface area (Å²) < 4.78 is 0.906. The fourth-order valence-electron chi connectivity index (χ4n) is 1.55. The van der Waals surface area contributed by atoms with Crippen molar-refractivity contribution in [1.29, 1.82) is 0 Å². The van der Waals surface area contributed by atoms with Gasteiger partial charge >= 0.3 is 0 Å². The van der Waals surface area contributed by atoms with Crippen molar-refractivity contribution in [1.82, 2.24) is 9.97 Å². The van der Waals surface area contributed by atoms with Crippen molar-refractivity contribution in [3.05, 3.63) is 46.7 Å². The Labute approximate surface area is 126 Å². The highest BCUT2D eigenvalue weighted by atomic mass is 79.9. The average molecular weight is 335 g/mol. The molecule has 2 aromatic rings. The van der Waals surface area contributed by atoms with Crippen molar-refractivity contribution in [3.63, 3.8) is 0 Å². The molecule has 0 unspecified atom stereocenters. The SMILES string of the molecule is CC(C)Nc1ncc(C(=O)Nc2cccc(Br)c2)cn1. The summed E-state index contributed by atoms with van der Waals surface area (Å²) in [6, 6.07) is 7.64. The van der Waals surface area contributed by atoms with Crippen molar-refractivity contribution in [2.24, 2.45) is 0 Å². The normalized spacial score (nSPS) is 10.4. The first-order valence-corrected chi connectivity index (χ1v) is 6.99. The third-order valence-electron chi connectivity index (χ3n) is 2.41. The minimum atomic E-state index is -0.237. The number of hydrogen-bond acceptors (Lipinski definition) is 4. The molecule has 0 aliphatic rings. The second-order valence-corrected chi connectivity index (χ2v) is 5.47. The molecule has 1 heterocycles. The number of nitrogens with one attached hydrogen (secondary N) is 2. The van der Waals surface area contributed by atoms with Crippen LogP contribution in [0.5, 0.6) is 0 Å². The molecule has 6 heteroatoms. The van der Waals surface area contributed by atoms with E-state index in [-0.39, 0.29) is 11.9 Å². The number of amides is 1. The van der Waals surface area contributed by atoms with Gasteiger partial charge in [-0.15, -0.1) is 0 Å². The van der Waals surface area contributed by atoms with E-state index < -0.39 is 0 Å². The lowest BCUT2D eigenvalue weighted by atomic mass is 10.3. The highest BCUT2D eigenvalue weighted by Crippen LogP contribution is 2.16. The Morgan fingerprint density at radius 2 is 1.95 bits per heavy atom. The lowest BCUT2D eigenvalue weighted by Gasteiger charge is -2.08. The van der Waals surface area contributed by atoms with Crippen molar-refractivity contribution in [2.75, 3.05) is 10.6 Å². The first-order chi connectivity index (χ1) is 9.54. The van der Waals surface area contributed by atoms with Gasteiger partial charge in [-0.25, -0.2) is 9.97 Å². The molecule has 0 aliphatic carbocycles. The van der Waals surface area contributed by atoms with Crippen molar-refractivity contribution < 1.29 is 4.79 Å². The molecule has 5 nitrogen and oxygen atoms in total. The number of carbonyl (C=O) groups is 1. The van der Waals surface area contributed by atoms with Crippen molar-refractivity contribution in [3.8, 4) is 0 Å². The van der Waals surface area contributed by atoms with E-state index in [9.17, 15) is 4.79 Å². The van der Waals surface area contributed by atoms with E-state index in [2.05, 4.69) is 36.5 Å². The van der Waals surface area contributed by atoms with E-state index in [0.717, 1.165) is 4.47 Å². The molecular weight excluding hydrogens is 320 g/mol. The van der Waals surface area contributed by atoms with Crippen molar-refractivity contribution >= 4 is 33.5 Å². The molecule has 1 aromatic carbocycles. The molecule has 0 radical (unpaired) electrons. The van der Waals surface area contributed by atoms with Gasteiger partial charge in [-0.3, -0.25) is 4.79 Å². The zero-order valence-corrected chi connectivity index (χ0v) is 12.8. The molecule has 20 heavy (non-hydrogen) atoms. The monoisotopic (exact) mass is 334 g/mol. The molecule has 1 aromatic heterocycles. The van der Waals surface area contributed by atoms with Crippen molar-refractivity contribution in [2.45, 2.75) is 19.9 Å². The number of halogens is 1. The molecule has 104 valence electrons. The lowest BCUT2D eigenvalue weighted by Crippen LogP contribution is -2.15. The Morgan fingerprint density at radius 1 is 1.25 bits per heavy atom. The zero-order valence-electron chi connectivity index (χ0n) is 11.2. The van der Waals surface area contributed by atoms with Gasteiger partial charge in [0, 0.05) is 28.6 Å². The predicted octanol–water partition coefficient (Wildman–Crippen LogP) is 3.31. The number of anilines is 2. The molecule has 2 rings (SSSR count). The summed E-state index contributed by atoms with van der Waals surface area (Å²) in [5.74, 6) is 0.276. The minimum Gasteiger partial charge on any atom is -0.352 e. The Morgan fingerprint density at radius 3 is 2.55 bits per heavy atom. The van der Waals surface area contributed by atoms with Crippen LogP contribution in [0.4, 0.5) is 11.6 Å². The lowest BCUT2D eigenvalue weighted by molar-refractivity contribution is 0.102. The highest BCUT2D eigenvalue weighted by Gasteiger charge is 2.08. The van der Waals surface area contributed by atoms with Crippen LogP contribution in [0.1, 0.15) is 24.2 Å². The third kappa shape index (κ3) is 4.03. The van der Waals surface area contributed by atoms with Crippen LogP contribution in [0.15, 0.2) is 41.1 Å². The predicted molar refractivity (Wildman–Crippen MR) is 82.9 cm³/mol. The fourth-order valence-corrected chi connectivity index (χ4v) is 1.95. The van der Waals surface area contributed by atoms with Crippen LogP contribution in [0, 0.1) is 0 Å². The van der Waals surface area contributed by atoms with Gasteiger partial charge in [0.15, 0.2) is 0 Å². The van der Waals surface area contributed by atoms with Crippen LogP contribution in [0.3, 0.4) is 0 Å². The van der Waals surface area contributed by atoms with E-state index in [0.29, 0.717) is 17.2 Å². The number of nitrogens with zero attached hydrogens (tertiary/aromatic N) is 2. The highest BCUT2D eigenvalue weighted by molar-refractivity contribution is 9.10. The Kier molecular flexibility index (Phi) is 4.68. The summed E-state index contributed by atoms with van der Waals surface area (Å²) >= 11 is 3.36. The second kappa shape index (κ2) is 6.47. The molecule has 0 fully saturated rings. The standard InChI is InChI=1S/C14H15BrN4O/c1-9(2)18-14-16-7-10(8-17-14)13(20)19-12-5-3-4-11(15)6-12/h3-9H,1-2H3,(H,19,20)(H,16,17,18). The van der Waals surface area contributed by atoms with Gasteiger partial charge < -0.3 is 10.6 Å². The summed E-state index contributed by atoms with van der Waals surface area (Å²) in [6.07, 6.45) is 3.01. The quantitative estimate of drug-likeness (QED) is 0.900. The van der Waals surface area contributed by atoms with Gasteiger partial charge in [0.2, 0.25) is 5.95 Å². The van der Waals surface area contributed by atoms with Crippen LogP contribution in [-0.4, -0.2) is 21.9 Å². The van der Waals surface area contributed by atoms with E-state index in [4.69, 9.17) is 0 Å². The topological polar surface area (TPSA) is 66.9 Å². The number of hydrogen-bond donors (Lipinski definition) is 2. The largest absolute Gasteiger partial charge is 0.352 e. The van der Waals surface area contributed by atoms with Crippen LogP contribution in [-0.2, 0) is 0 Å². The Hall–Kier alpha value is -1.95. The van der Waals surface area contributed by atoms with Gasteiger partial charge in [-0.2, -0.15) is 0 Å². The first-order valence-electron chi connectivity index (χ1n) is 6.20. The molecule has 0 spiro atoms.